The summed E-state index contributed by atoms with van der Waals surface area (Å²) in [7, 11) is 1.61. The van der Waals surface area contributed by atoms with Crippen LogP contribution in [0.3, 0.4) is 0 Å². The summed E-state index contributed by atoms with van der Waals surface area (Å²) >= 11 is 0. The maximum atomic E-state index is 11.7. The fourth-order valence-corrected chi connectivity index (χ4v) is 2.46. The Kier molecular flexibility index (Phi) is 5.18. The van der Waals surface area contributed by atoms with E-state index in [9.17, 15) is 4.79 Å². The van der Waals surface area contributed by atoms with Gasteiger partial charge in [-0.2, -0.15) is 0 Å². The molecule has 0 aromatic heterocycles. The van der Waals surface area contributed by atoms with Gasteiger partial charge < -0.3 is 4.74 Å². The molecule has 3 N–H and O–H groups in total. The zero-order chi connectivity index (χ0) is 12.1. The number of methoxy groups -OCH3 is 1. The van der Waals surface area contributed by atoms with Gasteiger partial charge in [-0.05, 0) is 32.2 Å². The van der Waals surface area contributed by atoms with Gasteiger partial charge in [0.1, 0.15) is 6.04 Å². The van der Waals surface area contributed by atoms with E-state index in [1.165, 1.54) is 0 Å². The molecular formula is C11H23N3O2. The Morgan fingerprint density at radius 1 is 1.62 bits per heavy atom. The lowest BCUT2D eigenvalue weighted by molar-refractivity contribution is -0.130. The van der Waals surface area contributed by atoms with Gasteiger partial charge in [0.05, 0.1) is 6.61 Å². The standard InChI is InChI=1S/C11H23N3O2/c1-8-4-5-14(9(2)6-8)10(7-16-3)11(15)13-12/h8-10H,4-7,12H2,1-3H3,(H,13,15). The van der Waals surface area contributed by atoms with E-state index in [1.54, 1.807) is 7.11 Å². The first kappa shape index (κ1) is 13.4. The van der Waals surface area contributed by atoms with Crippen LogP contribution in [0.15, 0.2) is 0 Å². The SMILES string of the molecule is COCC(C(=O)NN)N1CCC(C)CC1C. The number of likely N-dealkylation sites (tertiary alicyclic amines) is 1. The van der Waals surface area contributed by atoms with Crippen LogP contribution in [-0.2, 0) is 9.53 Å². The van der Waals surface area contributed by atoms with Crippen molar-refractivity contribution in [2.45, 2.75) is 38.8 Å². The Bertz CT molecular complexity index is 235. The number of nitrogens with zero attached hydrogens (tertiary/aromatic N) is 1. The van der Waals surface area contributed by atoms with Crippen molar-refractivity contribution < 1.29 is 9.53 Å². The molecule has 5 nitrogen and oxygen atoms in total. The third kappa shape index (κ3) is 3.17. The molecule has 0 saturated carbocycles. The molecule has 0 aromatic carbocycles. The second-order valence-electron chi connectivity index (χ2n) is 4.70. The van der Waals surface area contributed by atoms with Crippen molar-refractivity contribution in [3.8, 4) is 0 Å². The highest BCUT2D eigenvalue weighted by Crippen LogP contribution is 2.24. The van der Waals surface area contributed by atoms with E-state index in [1.807, 2.05) is 0 Å². The summed E-state index contributed by atoms with van der Waals surface area (Å²) in [4.78, 5) is 13.9. The molecule has 0 aliphatic carbocycles. The number of nitrogens with two attached hydrogens (primary N) is 1. The van der Waals surface area contributed by atoms with Crippen LogP contribution in [0, 0.1) is 5.92 Å². The average molecular weight is 229 g/mol. The van der Waals surface area contributed by atoms with Crippen LogP contribution >= 0.6 is 0 Å². The summed E-state index contributed by atoms with van der Waals surface area (Å²) in [5.41, 5.74) is 2.22. The maximum Gasteiger partial charge on any atom is 0.253 e. The quantitative estimate of drug-likeness (QED) is 0.408. The third-order valence-electron chi connectivity index (χ3n) is 3.36. The van der Waals surface area contributed by atoms with E-state index in [4.69, 9.17) is 10.6 Å². The number of ether oxygens (including phenoxy) is 1. The first-order valence-corrected chi connectivity index (χ1v) is 5.85. The summed E-state index contributed by atoms with van der Waals surface area (Å²) in [5, 5.41) is 0. The summed E-state index contributed by atoms with van der Waals surface area (Å²) in [6.45, 7) is 5.73. The van der Waals surface area contributed by atoms with E-state index in [-0.39, 0.29) is 11.9 Å². The minimum absolute atomic E-state index is 0.164. The third-order valence-corrected chi connectivity index (χ3v) is 3.36. The van der Waals surface area contributed by atoms with E-state index in [2.05, 4.69) is 24.2 Å². The van der Waals surface area contributed by atoms with Crippen molar-refractivity contribution in [3.63, 3.8) is 0 Å². The summed E-state index contributed by atoms with van der Waals surface area (Å²) < 4.78 is 5.10. The van der Waals surface area contributed by atoms with Gasteiger partial charge in [-0.15, -0.1) is 0 Å². The molecular weight excluding hydrogens is 206 g/mol. The van der Waals surface area contributed by atoms with Gasteiger partial charge in [0, 0.05) is 13.2 Å². The number of carbonyl (C=O) groups excluding carboxylic acids is 1. The molecule has 1 rings (SSSR count). The van der Waals surface area contributed by atoms with Crippen molar-refractivity contribution >= 4 is 5.91 Å². The van der Waals surface area contributed by atoms with Gasteiger partial charge in [-0.1, -0.05) is 6.92 Å². The molecule has 3 atom stereocenters. The van der Waals surface area contributed by atoms with Gasteiger partial charge in [0.25, 0.3) is 5.91 Å². The smallest absolute Gasteiger partial charge is 0.253 e. The first-order chi connectivity index (χ1) is 7.60. The van der Waals surface area contributed by atoms with Crippen LogP contribution in [-0.4, -0.2) is 43.2 Å². The molecule has 0 bridgehead atoms. The highest BCUT2D eigenvalue weighted by Gasteiger charge is 2.32. The van der Waals surface area contributed by atoms with Crippen molar-refractivity contribution in [3.05, 3.63) is 0 Å². The zero-order valence-corrected chi connectivity index (χ0v) is 10.4. The second-order valence-corrected chi connectivity index (χ2v) is 4.70. The van der Waals surface area contributed by atoms with Crippen LogP contribution in [0.5, 0.6) is 0 Å². The van der Waals surface area contributed by atoms with E-state index >= 15 is 0 Å². The number of hydrazine groups is 1. The highest BCUT2D eigenvalue weighted by atomic mass is 16.5. The Hall–Kier alpha value is -0.650. The zero-order valence-electron chi connectivity index (χ0n) is 10.4. The molecule has 1 aliphatic heterocycles. The normalized spacial score (nSPS) is 28.8. The van der Waals surface area contributed by atoms with E-state index in [0.717, 1.165) is 25.3 Å². The van der Waals surface area contributed by atoms with Crippen molar-refractivity contribution in [1.29, 1.82) is 0 Å². The minimum atomic E-state index is -0.266. The molecule has 0 radical (unpaired) electrons. The van der Waals surface area contributed by atoms with Crippen molar-refractivity contribution in [1.82, 2.24) is 10.3 Å². The predicted molar refractivity (Wildman–Crippen MR) is 62.6 cm³/mol. The Morgan fingerprint density at radius 2 is 2.31 bits per heavy atom. The van der Waals surface area contributed by atoms with Crippen molar-refractivity contribution in [2.24, 2.45) is 11.8 Å². The molecule has 1 aliphatic rings. The molecule has 5 heteroatoms. The van der Waals surface area contributed by atoms with Gasteiger partial charge in [-0.3, -0.25) is 15.1 Å². The Balaban J connectivity index is 2.66. The number of amides is 1. The molecule has 16 heavy (non-hydrogen) atoms. The molecule has 1 heterocycles. The monoisotopic (exact) mass is 229 g/mol. The fraction of sp³-hybridized carbons (Fsp3) is 0.909. The van der Waals surface area contributed by atoms with Gasteiger partial charge in [-0.25, -0.2) is 5.84 Å². The largest absolute Gasteiger partial charge is 0.383 e. The van der Waals surface area contributed by atoms with Crippen LogP contribution in [0.1, 0.15) is 26.7 Å². The minimum Gasteiger partial charge on any atom is -0.383 e. The van der Waals surface area contributed by atoms with Crippen LogP contribution in [0.2, 0.25) is 0 Å². The van der Waals surface area contributed by atoms with Gasteiger partial charge >= 0.3 is 0 Å². The van der Waals surface area contributed by atoms with Gasteiger partial charge in [0.15, 0.2) is 0 Å². The number of hydrogen-bond donors (Lipinski definition) is 2. The second kappa shape index (κ2) is 6.18. The average Bonchev–Trinajstić information content (AvgIpc) is 2.26. The number of hydrogen-bond acceptors (Lipinski definition) is 4. The van der Waals surface area contributed by atoms with Crippen molar-refractivity contribution in [2.75, 3.05) is 20.3 Å². The lowest BCUT2D eigenvalue weighted by atomic mass is 9.92. The maximum absolute atomic E-state index is 11.7. The molecule has 94 valence electrons. The fourth-order valence-electron chi connectivity index (χ4n) is 2.46. The molecule has 0 spiro atoms. The molecule has 1 fully saturated rings. The van der Waals surface area contributed by atoms with Crippen LogP contribution in [0.25, 0.3) is 0 Å². The van der Waals surface area contributed by atoms with Crippen LogP contribution in [0.4, 0.5) is 0 Å². The number of nitrogens with one attached hydrogen (secondary N) is 1. The molecule has 0 aromatic rings. The number of rotatable bonds is 4. The van der Waals surface area contributed by atoms with E-state index < -0.39 is 0 Å². The highest BCUT2D eigenvalue weighted by molar-refractivity contribution is 5.81. The van der Waals surface area contributed by atoms with Gasteiger partial charge in [0.2, 0.25) is 0 Å². The van der Waals surface area contributed by atoms with E-state index in [0.29, 0.717) is 12.6 Å². The van der Waals surface area contributed by atoms with Crippen LogP contribution < -0.4 is 11.3 Å². The molecule has 1 amide bonds. The Morgan fingerprint density at radius 3 is 2.81 bits per heavy atom. The lowest BCUT2D eigenvalue weighted by Gasteiger charge is -2.40. The summed E-state index contributed by atoms with van der Waals surface area (Å²) in [6, 6.07) is 0.138. The number of piperidine rings is 1. The summed E-state index contributed by atoms with van der Waals surface area (Å²) in [6.07, 6.45) is 2.25. The first-order valence-electron chi connectivity index (χ1n) is 5.85. The Labute approximate surface area is 97.3 Å². The molecule has 3 unspecified atom stereocenters. The lowest BCUT2D eigenvalue weighted by Crippen LogP contribution is -2.56. The predicted octanol–water partition coefficient (Wildman–Crippen LogP) is 0.112. The molecule has 1 saturated heterocycles. The topological polar surface area (TPSA) is 67.6 Å². The summed E-state index contributed by atoms with van der Waals surface area (Å²) in [5.74, 6) is 5.77. The number of carbonyl (C=O) groups is 1.